The Morgan fingerprint density at radius 2 is 1.89 bits per heavy atom. The number of nitrogens with one attached hydrogen (secondary N) is 2. The number of hydrogen-bond donors (Lipinski definition) is 2. The highest BCUT2D eigenvalue weighted by Crippen LogP contribution is 2.29. The topological polar surface area (TPSA) is 68.2 Å². The van der Waals surface area contributed by atoms with Crippen molar-refractivity contribution in [3.8, 4) is 11.5 Å². The second-order valence-corrected chi connectivity index (χ2v) is 6.82. The molecule has 6 nitrogen and oxygen atoms in total. The standard InChI is InChI=1S/C22H26N4O2/c1-15-8-7-9-18(14-15)28-21-11-6-5-10-20(21)24-22(27)23-13-12-19-16(2)25-26(4)17(19)3/h5-11,14H,12-13H2,1-4H3,(H2,23,24,27). The van der Waals surface area contributed by atoms with Crippen LogP contribution in [0.2, 0.25) is 0 Å². The first-order valence-electron chi connectivity index (χ1n) is 9.31. The van der Waals surface area contributed by atoms with E-state index in [-0.39, 0.29) is 6.03 Å². The molecular weight excluding hydrogens is 352 g/mol. The summed E-state index contributed by atoms with van der Waals surface area (Å²) in [4.78, 5) is 12.3. The molecule has 0 atom stereocenters. The van der Waals surface area contributed by atoms with E-state index in [2.05, 4.69) is 15.7 Å². The Morgan fingerprint density at radius 3 is 2.61 bits per heavy atom. The average molecular weight is 378 g/mol. The summed E-state index contributed by atoms with van der Waals surface area (Å²) in [6.45, 7) is 6.56. The van der Waals surface area contributed by atoms with Crippen LogP contribution in [0.4, 0.5) is 10.5 Å². The number of aryl methyl sites for hydroxylation is 3. The highest BCUT2D eigenvalue weighted by atomic mass is 16.5. The van der Waals surface area contributed by atoms with Crippen molar-refractivity contribution in [2.45, 2.75) is 27.2 Å². The van der Waals surface area contributed by atoms with Gasteiger partial charge in [-0.25, -0.2) is 4.79 Å². The number of ether oxygens (including phenoxy) is 1. The van der Waals surface area contributed by atoms with Gasteiger partial charge >= 0.3 is 6.03 Å². The fraction of sp³-hybridized carbons (Fsp3) is 0.273. The molecule has 2 amide bonds. The predicted molar refractivity (Wildman–Crippen MR) is 111 cm³/mol. The van der Waals surface area contributed by atoms with Gasteiger partial charge in [-0.05, 0) is 62.6 Å². The van der Waals surface area contributed by atoms with Gasteiger partial charge in [-0.15, -0.1) is 0 Å². The van der Waals surface area contributed by atoms with E-state index in [1.165, 1.54) is 5.56 Å². The molecule has 28 heavy (non-hydrogen) atoms. The van der Waals surface area contributed by atoms with Crippen LogP contribution in [0, 0.1) is 20.8 Å². The SMILES string of the molecule is Cc1cccc(Oc2ccccc2NC(=O)NCCc2c(C)nn(C)c2C)c1. The number of anilines is 1. The second-order valence-electron chi connectivity index (χ2n) is 6.82. The number of rotatable bonds is 6. The summed E-state index contributed by atoms with van der Waals surface area (Å²) < 4.78 is 7.81. The number of carbonyl (C=O) groups is 1. The van der Waals surface area contributed by atoms with Crippen LogP contribution in [-0.2, 0) is 13.5 Å². The third kappa shape index (κ3) is 4.71. The van der Waals surface area contributed by atoms with Crippen LogP contribution in [0.25, 0.3) is 0 Å². The van der Waals surface area contributed by atoms with E-state index in [0.717, 1.165) is 29.1 Å². The molecule has 0 radical (unpaired) electrons. The average Bonchev–Trinajstić information content (AvgIpc) is 2.89. The molecule has 0 saturated heterocycles. The summed E-state index contributed by atoms with van der Waals surface area (Å²) in [5.74, 6) is 1.33. The largest absolute Gasteiger partial charge is 0.455 e. The molecule has 0 aliphatic rings. The van der Waals surface area contributed by atoms with E-state index < -0.39 is 0 Å². The summed E-state index contributed by atoms with van der Waals surface area (Å²) >= 11 is 0. The first-order chi connectivity index (χ1) is 13.4. The first kappa shape index (κ1) is 19.5. The van der Waals surface area contributed by atoms with Crippen molar-refractivity contribution in [2.24, 2.45) is 7.05 Å². The minimum Gasteiger partial charge on any atom is -0.455 e. The van der Waals surface area contributed by atoms with Gasteiger partial charge in [-0.2, -0.15) is 5.10 Å². The van der Waals surface area contributed by atoms with Crippen molar-refractivity contribution in [1.82, 2.24) is 15.1 Å². The predicted octanol–water partition coefficient (Wildman–Crippen LogP) is 4.50. The van der Waals surface area contributed by atoms with Crippen molar-refractivity contribution in [3.05, 3.63) is 71.0 Å². The van der Waals surface area contributed by atoms with Gasteiger partial charge in [0.2, 0.25) is 0 Å². The lowest BCUT2D eigenvalue weighted by molar-refractivity contribution is 0.252. The van der Waals surface area contributed by atoms with Gasteiger partial charge in [-0.3, -0.25) is 4.68 Å². The lowest BCUT2D eigenvalue weighted by Gasteiger charge is -2.13. The summed E-state index contributed by atoms with van der Waals surface area (Å²) in [6, 6.07) is 14.9. The molecule has 0 aliphatic heterocycles. The van der Waals surface area contributed by atoms with Crippen molar-refractivity contribution in [3.63, 3.8) is 0 Å². The van der Waals surface area contributed by atoms with E-state index in [9.17, 15) is 4.79 Å². The molecule has 0 fully saturated rings. The highest BCUT2D eigenvalue weighted by Gasteiger charge is 2.11. The molecule has 0 bridgehead atoms. The lowest BCUT2D eigenvalue weighted by atomic mass is 10.1. The fourth-order valence-electron chi connectivity index (χ4n) is 3.11. The summed E-state index contributed by atoms with van der Waals surface area (Å²) in [5, 5.41) is 10.2. The Bertz CT molecular complexity index is 978. The third-order valence-electron chi connectivity index (χ3n) is 4.67. The van der Waals surface area contributed by atoms with Crippen LogP contribution in [0.3, 0.4) is 0 Å². The molecule has 0 saturated carbocycles. The summed E-state index contributed by atoms with van der Waals surface area (Å²) in [5.41, 5.74) is 5.03. The molecule has 0 spiro atoms. The Morgan fingerprint density at radius 1 is 1.11 bits per heavy atom. The van der Waals surface area contributed by atoms with E-state index >= 15 is 0 Å². The molecule has 146 valence electrons. The van der Waals surface area contributed by atoms with Gasteiger partial charge in [0.1, 0.15) is 5.75 Å². The minimum atomic E-state index is -0.264. The van der Waals surface area contributed by atoms with Gasteiger partial charge < -0.3 is 15.4 Å². The van der Waals surface area contributed by atoms with E-state index in [1.807, 2.05) is 81.0 Å². The molecule has 1 aromatic heterocycles. The summed E-state index contributed by atoms with van der Waals surface area (Å²) in [6.07, 6.45) is 0.736. The van der Waals surface area contributed by atoms with Crippen molar-refractivity contribution < 1.29 is 9.53 Å². The van der Waals surface area contributed by atoms with Crippen molar-refractivity contribution in [1.29, 1.82) is 0 Å². The molecule has 2 N–H and O–H groups in total. The van der Waals surface area contributed by atoms with Gasteiger partial charge in [0.05, 0.1) is 11.4 Å². The smallest absolute Gasteiger partial charge is 0.319 e. The minimum absolute atomic E-state index is 0.264. The number of hydrogen-bond acceptors (Lipinski definition) is 3. The number of urea groups is 1. The molecule has 6 heteroatoms. The normalized spacial score (nSPS) is 10.6. The zero-order chi connectivity index (χ0) is 20.1. The van der Waals surface area contributed by atoms with E-state index in [0.29, 0.717) is 18.0 Å². The van der Waals surface area contributed by atoms with Crippen LogP contribution < -0.4 is 15.4 Å². The fourth-order valence-corrected chi connectivity index (χ4v) is 3.11. The Balaban J connectivity index is 1.60. The Kier molecular flexibility index (Phi) is 5.99. The number of benzene rings is 2. The van der Waals surface area contributed by atoms with Crippen molar-refractivity contribution in [2.75, 3.05) is 11.9 Å². The number of carbonyl (C=O) groups excluding carboxylic acids is 1. The maximum Gasteiger partial charge on any atom is 0.319 e. The maximum atomic E-state index is 12.3. The number of aromatic nitrogens is 2. The second kappa shape index (κ2) is 8.61. The molecule has 3 aromatic rings. The molecule has 2 aromatic carbocycles. The molecule has 1 heterocycles. The lowest BCUT2D eigenvalue weighted by Crippen LogP contribution is -2.30. The highest BCUT2D eigenvalue weighted by molar-refractivity contribution is 5.90. The first-order valence-corrected chi connectivity index (χ1v) is 9.31. The van der Waals surface area contributed by atoms with Gasteiger partial charge in [0.25, 0.3) is 0 Å². The van der Waals surface area contributed by atoms with E-state index in [4.69, 9.17) is 4.74 Å². The summed E-state index contributed by atoms with van der Waals surface area (Å²) in [7, 11) is 1.93. The third-order valence-corrected chi connectivity index (χ3v) is 4.67. The van der Waals surface area contributed by atoms with Crippen LogP contribution in [0.15, 0.2) is 48.5 Å². The maximum absolute atomic E-state index is 12.3. The molecular formula is C22H26N4O2. The Hall–Kier alpha value is -3.28. The zero-order valence-electron chi connectivity index (χ0n) is 16.7. The molecule has 0 unspecified atom stereocenters. The zero-order valence-corrected chi connectivity index (χ0v) is 16.7. The monoisotopic (exact) mass is 378 g/mol. The van der Waals surface area contributed by atoms with Gasteiger partial charge in [0, 0.05) is 19.3 Å². The molecule has 0 aliphatic carbocycles. The van der Waals surface area contributed by atoms with Gasteiger partial charge in [-0.1, -0.05) is 24.3 Å². The van der Waals surface area contributed by atoms with Crippen LogP contribution in [0.1, 0.15) is 22.5 Å². The number of amides is 2. The van der Waals surface area contributed by atoms with Crippen LogP contribution in [0.5, 0.6) is 11.5 Å². The number of para-hydroxylation sites is 2. The van der Waals surface area contributed by atoms with Gasteiger partial charge in [0.15, 0.2) is 5.75 Å². The van der Waals surface area contributed by atoms with Crippen LogP contribution >= 0.6 is 0 Å². The van der Waals surface area contributed by atoms with Crippen molar-refractivity contribution >= 4 is 11.7 Å². The molecule has 3 rings (SSSR count). The quantitative estimate of drug-likeness (QED) is 0.663. The number of nitrogens with zero attached hydrogens (tertiary/aromatic N) is 2. The van der Waals surface area contributed by atoms with Crippen LogP contribution in [-0.4, -0.2) is 22.4 Å². The Labute approximate surface area is 165 Å². The van der Waals surface area contributed by atoms with E-state index in [1.54, 1.807) is 0 Å².